The fourth-order valence-electron chi connectivity index (χ4n) is 1.53. The van der Waals surface area contributed by atoms with E-state index in [0.29, 0.717) is 0 Å². The Morgan fingerprint density at radius 2 is 1.62 bits per heavy atom. The van der Waals surface area contributed by atoms with Gasteiger partial charge in [0, 0.05) is 0 Å². The molecule has 0 saturated heterocycles. The minimum Gasteiger partial charge on any atom is -0.371 e. The summed E-state index contributed by atoms with van der Waals surface area (Å²) in [4.78, 5) is 0. The summed E-state index contributed by atoms with van der Waals surface area (Å²) in [5, 5.41) is 11.1. The molecule has 0 spiro atoms. The van der Waals surface area contributed by atoms with Gasteiger partial charge >= 0.3 is 0 Å². The maximum atomic E-state index is 10.8. The van der Waals surface area contributed by atoms with Crippen LogP contribution in [0.25, 0.3) is 10.8 Å². The molecular weight excluding hydrogens is 228 g/mol. The molecule has 2 aromatic carbocycles. The first-order valence-electron chi connectivity index (χ1n) is 4.61. The molecule has 0 aromatic heterocycles. The molecule has 0 aliphatic heterocycles. The molecule has 0 aliphatic carbocycles. The average molecular weight is 238 g/mol. The van der Waals surface area contributed by atoms with Gasteiger partial charge in [0.2, 0.25) is 5.44 Å². The van der Waals surface area contributed by atoms with Gasteiger partial charge in [0.1, 0.15) is 0 Å². The zero-order chi connectivity index (χ0) is 11.8. The number of rotatable bonds is 2. The van der Waals surface area contributed by atoms with E-state index < -0.39 is 15.6 Å². The Bertz CT molecular complexity index is 619. The average Bonchev–Trinajstić information content (AvgIpc) is 2.26. The Hall–Kier alpha value is -1.43. The van der Waals surface area contributed by atoms with Crippen molar-refractivity contribution in [1.82, 2.24) is 0 Å². The lowest BCUT2D eigenvalue weighted by Gasteiger charge is -2.08. The number of aliphatic hydroxyl groups excluding tert-OH is 1. The van der Waals surface area contributed by atoms with Crippen LogP contribution in [0.15, 0.2) is 42.5 Å². The van der Waals surface area contributed by atoms with Gasteiger partial charge in [-0.25, -0.2) is 0 Å². The van der Waals surface area contributed by atoms with Crippen molar-refractivity contribution in [3.05, 3.63) is 48.0 Å². The summed E-state index contributed by atoms with van der Waals surface area (Å²) >= 11 is 0. The number of aliphatic hydroxyl groups is 1. The first-order valence-corrected chi connectivity index (χ1v) is 6.12. The fraction of sp³-hybridized carbons (Fsp3) is 0.0909. The molecule has 5 heteroatoms. The molecule has 2 rings (SSSR count). The summed E-state index contributed by atoms with van der Waals surface area (Å²) in [6.07, 6.45) is 0. The zero-order valence-electron chi connectivity index (χ0n) is 8.24. The molecule has 0 saturated carbocycles. The molecule has 2 N–H and O–H groups in total. The molecular formula is C11H10O4S. The van der Waals surface area contributed by atoms with E-state index in [4.69, 9.17) is 4.55 Å². The molecule has 1 unspecified atom stereocenters. The van der Waals surface area contributed by atoms with Gasteiger partial charge < -0.3 is 5.11 Å². The van der Waals surface area contributed by atoms with E-state index in [2.05, 4.69) is 0 Å². The summed E-state index contributed by atoms with van der Waals surface area (Å²) < 4.78 is 30.3. The molecule has 2 aromatic rings. The summed E-state index contributed by atoms with van der Waals surface area (Å²) in [5.74, 6) is 0. The zero-order valence-corrected chi connectivity index (χ0v) is 9.05. The van der Waals surface area contributed by atoms with E-state index >= 15 is 0 Å². The maximum absolute atomic E-state index is 10.8. The third-order valence-electron chi connectivity index (χ3n) is 2.34. The van der Waals surface area contributed by atoms with Gasteiger partial charge in [-0.05, 0) is 22.4 Å². The van der Waals surface area contributed by atoms with Crippen molar-refractivity contribution in [2.24, 2.45) is 0 Å². The van der Waals surface area contributed by atoms with Gasteiger partial charge in [-0.15, -0.1) is 0 Å². The van der Waals surface area contributed by atoms with Crippen molar-refractivity contribution in [1.29, 1.82) is 0 Å². The second kappa shape index (κ2) is 3.86. The summed E-state index contributed by atoms with van der Waals surface area (Å²) in [6.45, 7) is 0. The second-order valence-electron chi connectivity index (χ2n) is 3.47. The monoisotopic (exact) mass is 238 g/mol. The molecule has 0 fully saturated rings. The Morgan fingerprint density at radius 3 is 2.25 bits per heavy atom. The molecule has 0 amide bonds. The Morgan fingerprint density at radius 1 is 1.00 bits per heavy atom. The normalized spacial score (nSPS) is 13.9. The van der Waals surface area contributed by atoms with Gasteiger partial charge in [-0.3, -0.25) is 4.55 Å². The number of hydrogen-bond donors (Lipinski definition) is 2. The van der Waals surface area contributed by atoms with Crippen LogP contribution in [0.4, 0.5) is 0 Å². The standard InChI is InChI=1S/C11H10O4S/c12-11(16(13,14)15)10-6-5-8-3-1-2-4-9(8)7-10/h1-7,11-12H,(H,13,14,15). The molecule has 0 aliphatic rings. The number of benzene rings is 2. The molecule has 0 radical (unpaired) electrons. The third kappa shape index (κ3) is 2.06. The Labute approximate surface area is 92.9 Å². The third-order valence-corrected chi connectivity index (χ3v) is 3.18. The van der Waals surface area contributed by atoms with Crippen molar-refractivity contribution >= 4 is 20.9 Å². The maximum Gasteiger partial charge on any atom is 0.296 e. The predicted octanol–water partition coefficient (Wildman–Crippen LogP) is 1.72. The van der Waals surface area contributed by atoms with Gasteiger partial charge in [0.25, 0.3) is 10.1 Å². The highest BCUT2D eigenvalue weighted by atomic mass is 32.2. The minimum atomic E-state index is -4.47. The van der Waals surface area contributed by atoms with Crippen LogP contribution in [0.1, 0.15) is 11.0 Å². The quantitative estimate of drug-likeness (QED) is 0.781. The van der Waals surface area contributed by atoms with Gasteiger partial charge in [-0.2, -0.15) is 8.42 Å². The van der Waals surface area contributed by atoms with Crippen LogP contribution in [0.3, 0.4) is 0 Å². The van der Waals surface area contributed by atoms with Gasteiger partial charge in [0.15, 0.2) is 0 Å². The topological polar surface area (TPSA) is 74.6 Å². The van der Waals surface area contributed by atoms with Crippen LogP contribution in [-0.4, -0.2) is 18.1 Å². The second-order valence-corrected chi connectivity index (χ2v) is 4.95. The summed E-state index contributed by atoms with van der Waals surface area (Å²) in [5.41, 5.74) is -1.74. The summed E-state index contributed by atoms with van der Waals surface area (Å²) in [7, 11) is -4.47. The van der Waals surface area contributed by atoms with E-state index in [1.165, 1.54) is 12.1 Å². The Balaban J connectivity index is 2.55. The van der Waals surface area contributed by atoms with Crippen LogP contribution in [-0.2, 0) is 10.1 Å². The van der Waals surface area contributed by atoms with E-state index in [9.17, 15) is 13.5 Å². The van der Waals surface area contributed by atoms with E-state index in [-0.39, 0.29) is 5.56 Å². The first-order chi connectivity index (χ1) is 7.48. The highest BCUT2D eigenvalue weighted by Gasteiger charge is 2.21. The largest absolute Gasteiger partial charge is 0.371 e. The summed E-state index contributed by atoms with van der Waals surface area (Å²) in [6, 6.07) is 12.1. The van der Waals surface area contributed by atoms with Crippen LogP contribution in [0, 0.1) is 0 Å². The van der Waals surface area contributed by atoms with Gasteiger partial charge in [-0.1, -0.05) is 36.4 Å². The lowest BCUT2D eigenvalue weighted by molar-refractivity contribution is 0.238. The highest BCUT2D eigenvalue weighted by molar-refractivity contribution is 7.85. The molecule has 16 heavy (non-hydrogen) atoms. The number of hydrogen-bond acceptors (Lipinski definition) is 3. The molecule has 84 valence electrons. The van der Waals surface area contributed by atoms with Crippen molar-refractivity contribution in [3.63, 3.8) is 0 Å². The SMILES string of the molecule is O=S(=O)(O)C(O)c1ccc2ccccc2c1. The van der Waals surface area contributed by atoms with Crippen molar-refractivity contribution < 1.29 is 18.1 Å². The minimum absolute atomic E-state index is 0.154. The van der Waals surface area contributed by atoms with E-state index in [1.807, 2.05) is 18.2 Å². The fourth-order valence-corrected chi connectivity index (χ4v) is 2.02. The van der Waals surface area contributed by atoms with Crippen molar-refractivity contribution in [2.75, 3.05) is 0 Å². The molecule has 1 atom stereocenters. The lowest BCUT2D eigenvalue weighted by atomic mass is 10.1. The van der Waals surface area contributed by atoms with Crippen LogP contribution >= 0.6 is 0 Å². The van der Waals surface area contributed by atoms with Crippen LogP contribution in [0.2, 0.25) is 0 Å². The van der Waals surface area contributed by atoms with E-state index in [1.54, 1.807) is 12.1 Å². The van der Waals surface area contributed by atoms with E-state index in [0.717, 1.165) is 10.8 Å². The molecule has 0 bridgehead atoms. The molecule has 4 nitrogen and oxygen atoms in total. The predicted molar refractivity (Wildman–Crippen MR) is 60.5 cm³/mol. The smallest absolute Gasteiger partial charge is 0.296 e. The van der Waals surface area contributed by atoms with Crippen molar-refractivity contribution in [2.45, 2.75) is 5.44 Å². The van der Waals surface area contributed by atoms with Crippen LogP contribution in [0.5, 0.6) is 0 Å². The molecule has 0 heterocycles. The van der Waals surface area contributed by atoms with Crippen LogP contribution < -0.4 is 0 Å². The van der Waals surface area contributed by atoms with Gasteiger partial charge in [0.05, 0.1) is 0 Å². The lowest BCUT2D eigenvalue weighted by Crippen LogP contribution is -2.10. The highest BCUT2D eigenvalue weighted by Crippen LogP contribution is 2.23. The van der Waals surface area contributed by atoms with Crippen molar-refractivity contribution in [3.8, 4) is 0 Å². The Kier molecular flexibility index (Phi) is 2.67. The number of fused-ring (bicyclic) bond motifs is 1. The first kappa shape index (κ1) is 11.1.